The van der Waals surface area contributed by atoms with Crippen LogP contribution < -0.4 is 5.32 Å². The van der Waals surface area contributed by atoms with Crippen LogP contribution in [0.5, 0.6) is 11.5 Å². The van der Waals surface area contributed by atoms with Crippen LogP contribution in [0, 0.1) is 5.82 Å². The zero-order valence-electron chi connectivity index (χ0n) is 10.2. The van der Waals surface area contributed by atoms with Gasteiger partial charge in [0, 0.05) is 16.6 Å². The second-order valence-corrected chi connectivity index (χ2v) is 5.01. The molecule has 2 rings (SSSR count). The van der Waals surface area contributed by atoms with E-state index in [1.165, 1.54) is 24.3 Å². The number of halogens is 2. The molecule has 4 nitrogen and oxygen atoms in total. The first kappa shape index (κ1) is 14.3. The Bertz CT molecular complexity index is 661. The minimum atomic E-state index is -0.599. The van der Waals surface area contributed by atoms with Crippen molar-refractivity contribution < 1.29 is 19.4 Å². The van der Waals surface area contributed by atoms with Gasteiger partial charge in [0.1, 0.15) is 5.82 Å². The van der Waals surface area contributed by atoms with Gasteiger partial charge in [-0.25, -0.2) is 4.39 Å². The maximum Gasteiger partial charge on any atom is 0.255 e. The van der Waals surface area contributed by atoms with Crippen molar-refractivity contribution in [2.45, 2.75) is 6.54 Å². The topological polar surface area (TPSA) is 69.6 Å². The number of carbonyl (C=O) groups excluding carboxylic acids is 1. The Morgan fingerprint density at radius 2 is 2.00 bits per heavy atom. The minimum Gasteiger partial charge on any atom is -0.504 e. The molecule has 0 heterocycles. The lowest BCUT2D eigenvalue weighted by Crippen LogP contribution is -2.23. The maximum absolute atomic E-state index is 13.5. The van der Waals surface area contributed by atoms with Gasteiger partial charge in [0.15, 0.2) is 11.5 Å². The highest BCUT2D eigenvalue weighted by Crippen LogP contribution is 2.28. The number of para-hydroxylation sites is 1. The largest absolute Gasteiger partial charge is 0.504 e. The zero-order valence-corrected chi connectivity index (χ0v) is 11.8. The Morgan fingerprint density at radius 1 is 1.25 bits per heavy atom. The molecule has 0 fully saturated rings. The molecule has 104 valence electrons. The molecule has 6 heteroatoms. The molecule has 2 aromatic rings. The molecule has 20 heavy (non-hydrogen) atoms. The number of rotatable bonds is 3. The molecule has 0 aromatic heterocycles. The molecular formula is C14H11BrFNO3. The second kappa shape index (κ2) is 5.92. The van der Waals surface area contributed by atoms with E-state index in [1.54, 1.807) is 12.1 Å². The molecular weight excluding hydrogens is 329 g/mol. The number of hydrogen-bond donors (Lipinski definition) is 3. The van der Waals surface area contributed by atoms with Crippen molar-refractivity contribution in [2.24, 2.45) is 0 Å². The second-order valence-electron chi connectivity index (χ2n) is 4.09. The number of carbonyl (C=O) groups is 1. The number of phenols is 2. The van der Waals surface area contributed by atoms with E-state index in [1.807, 2.05) is 0 Å². The summed E-state index contributed by atoms with van der Waals surface area (Å²) in [6.07, 6.45) is 0. The third kappa shape index (κ3) is 3.08. The van der Waals surface area contributed by atoms with Crippen LogP contribution in [0.25, 0.3) is 0 Å². The Labute approximate surface area is 123 Å². The summed E-state index contributed by atoms with van der Waals surface area (Å²) in [5, 5.41) is 21.4. The van der Waals surface area contributed by atoms with Crippen LogP contribution in [0.4, 0.5) is 4.39 Å². The molecule has 0 unspecified atom stereocenters. The molecule has 3 N–H and O–H groups in total. The molecule has 1 amide bonds. The summed E-state index contributed by atoms with van der Waals surface area (Å²) in [6.45, 7) is -0.0286. The molecule has 0 aliphatic carbocycles. The molecule has 0 saturated carbocycles. The highest BCUT2D eigenvalue weighted by Gasteiger charge is 2.14. The van der Waals surface area contributed by atoms with E-state index < -0.39 is 17.5 Å². The van der Waals surface area contributed by atoms with Crippen LogP contribution >= 0.6 is 15.9 Å². The number of hydrogen-bond acceptors (Lipinski definition) is 3. The number of nitrogens with one attached hydrogen (secondary N) is 1. The lowest BCUT2D eigenvalue weighted by atomic mass is 10.1. The Balaban J connectivity index is 2.13. The van der Waals surface area contributed by atoms with Crippen molar-refractivity contribution >= 4 is 21.8 Å². The van der Waals surface area contributed by atoms with Crippen molar-refractivity contribution in [2.75, 3.05) is 0 Å². The number of amides is 1. The van der Waals surface area contributed by atoms with E-state index in [9.17, 15) is 19.4 Å². The average molecular weight is 340 g/mol. The molecule has 0 radical (unpaired) electrons. The first-order valence-corrected chi connectivity index (χ1v) is 6.51. The molecule has 0 bridgehead atoms. The van der Waals surface area contributed by atoms with Crippen molar-refractivity contribution in [1.29, 1.82) is 0 Å². The average Bonchev–Trinajstić information content (AvgIpc) is 2.42. The van der Waals surface area contributed by atoms with Gasteiger partial charge >= 0.3 is 0 Å². The van der Waals surface area contributed by atoms with Gasteiger partial charge < -0.3 is 15.5 Å². The van der Waals surface area contributed by atoms with Crippen LogP contribution in [-0.2, 0) is 6.54 Å². The molecule has 0 saturated heterocycles. The quantitative estimate of drug-likeness (QED) is 0.753. The summed E-state index contributed by atoms with van der Waals surface area (Å²) in [7, 11) is 0. The van der Waals surface area contributed by atoms with Crippen molar-refractivity contribution in [3.63, 3.8) is 0 Å². The third-order valence-corrected chi connectivity index (χ3v) is 3.20. The van der Waals surface area contributed by atoms with Crippen molar-refractivity contribution in [3.8, 4) is 11.5 Å². The van der Waals surface area contributed by atoms with Crippen LogP contribution in [0.15, 0.2) is 40.9 Å². The lowest BCUT2D eigenvalue weighted by Gasteiger charge is -2.08. The molecule has 0 spiro atoms. The van der Waals surface area contributed by atoms with Crippen molar-refractivity contribution in [3.05, 3.63) is 57.8 Å². The van der Waals surface area contributed by atoms with Gasteiger partial charge in [0.25, 0.3) is 5.91 Å². The van der Waals surface area contributed by atoms with Crippen LogP contribution in [0.3, 0.4) is 0 Å². The predicted molar refractivity (Wildman–Crippen MR) is 75.0 cm³/mol. The number of benzene rings is 2. The monoisotopic (exact) mass is 339 g/mol. The maximum atomic E-state index is 13.5. The van der Waals surface area contributed by atoms with Gasteiger partial charge in [-0.15, -0.1) is 0 Å². The van der Waals surface area contributed by atoms with Crippen molar-refractivity contribution in [1.82, 2.24) is 5.32 Å². The zero-order chi connectivity index (χ0) is 14.7. The fourth-order valence-corrected chi connectivity index (χ4v) is 2.07. The Hall–Kier alpha value is -2.08. The highest BCUT2D eigenvalue weighted by atomic mass is 79.9. The standard InChI is InChI=1S/C14H11BrFNO3/c15-9-4-5-11(16)8(6-9)7-17-14(20)10-2-1-3-12(18)13(10)19/h1-6,18-19H,7H2,(H,17,20). The fourth-order valence-electron chi connectivity index (χ4n) is 1.66. The summed E-state index contributed by atoms with van der Waals surface area (Å²) in [6, 6.07) is 8.46. The Morgan fingerprint density at radius 3 is 2.75 bits per heavy atom. The van der Waals surface area contributed by atoms with Gasteiger partial charge in [-0.3, -0.25) is 4.79 Å². The summed E-state index contributed by atoms with van der Waals surface area (Å²) in [5.74, 6) is -1.92. The summed E-state index contributed by atoms with van der Waals surface area (Å²) in [4.78, 5) is 11.9. The number of aromatic hydroxyl groups is 2. The fraction of sp³-hybridized carbons (Fsp3) is 0.0714. The van der Waals surface area contributed by atoms with Gasteiger partial charge in [0.05, 0.1) is 5.56 Å². The van der Waals surface area contributed by atoms with Gasteiger partial charge in [-0.1, -0.05) is 22.0 Å². The SMILES string of the molecule is O=C(NCc1cc(Br)ccc1F)c1cccc(O)c1O. The summed E-state index contributed by atoms with van der Waals surface area (Å²) in [5.41, 5.74) is 0.243. The van der Waals surface area contributed by atoms with Gasteiger partial charge in [0.2, 0.25) is 0 Å². The lowest BCUT2D eigenvalue weighted by molar-refractivity contribution is 0.0947. The van der Waals surface area contributed by atoms with E-state index in [0.29, 0.717) is 10.0 Å². The smallest absolute Gasteiger partial charge is 0.255 e. The summed E-state index contributed by atoms with van der Waals surface area (Å²) < 4.78 is 14.2. The molecule has 0 aliphatic heterocycles. The van der Waals surface area contributed by atoms with Crippen LogP contribution in [-0.4, -0.2) is 16.1 Å². The first-order chi connectivity index (χ1) is 9.49. The van der Waals surface area contributed by atoms with Crippen LogP contribution in [0.1, 0.15) is 15.9 Å². The van der Waals surface area contributed by atoms with Gasteiger partial charge in [-0.2, -0.15) is 0 Å². The molecule has 2 aromatic carbocycles. The normalized spacial score (nSPS) is 10.3. The van der Waals surface area contributed by atoms with E-state index in [4.69, 9.17) is 0 Å². The van der Waals surface area contributed by atoms with E-state index in [0.717, 1.165) is 0 Å². The van der Waals surface area contributed by atoms with Crippen LogP contribution in [0.2, 0.25) is 0 Å². The third-order valence-electron chi connectivity index (χ3n) is 2.71. The molecule has 0 aliphatic rings. The molecule has 0 atom stereocenters. The first-order valence-electron chi connectivity index (χ1n) is 5.72. The predicted octanol–water partition coefficient (Wildman–Crippen LogP) is 2.93. The van der Waals surface area contributed by atoms with E-state index >= 15 is 0 Å². The summed E-state index contributed by atoms with van der Waals surface area (Å²) >= 11 is 3.22. The van der Waals surface area contributed by atoms with E-state index in [-0.39, 0.29) is 17.9 Å². The number of phenolic OH excluding ortho intramolecular Hbond substituents is 2. The van der Waals surface area contributed by atoms with Gasteiger partial charge in [-0.05, 0) is 30.3 Å². The van der Waals surface area contributed by atoms with E-state index in [2.05, 4.69) is 21.2 Å². The minimum absolute atomic E-state index is 0.0286. The Kier molecular flexibility index (Phi) is 4.24. The highest BCUT2D eigenvalue weighted by molar-refractivity contribution is 9.10.